The van der Waals surface area contributed by atoms with Gasteiger partial charge in [-0.05, 0) is 57.2 Å². The molecule has 1 aliphatic heterocycles. The molecule has 2 heterocycles. The number of piperidine rings is 1. The van der Waals surface area contributed by atoms with Crippen LogP contribution in [0.3, 0.4) is 0 Å². The van der Waals surface area contributed by atoms with Gasteiger partial charge in [-0.25, -0.2) is 4.98 Å². The van der Waals surface area contributed by atoms with Crippen LogP contribution in [0.25, 0.3) is 0 Å². The number of anilines is 1. The fraction of sp³-hybridized carbons (Fsp3) is 0.600. The van der Waals surface area contributed by atoms with Gasteiger partial charge in [0.05, 0.1) is 5.56 Å². The van der Waals surface area contributed by atoms with Crippen LogP contribution in [0, 0.1) is 0 Å². The number of nitrogens with zero attached hydrogens (tertiary/aromatic N) is 1. The molecule has 1 saturated heterocycles. The zero-order chi connectivity index (χ0) is 14.1. The van der Waals surface area contributed by atoms with E-state index in [1.54, 1.807) is 0 Å². The van der Waals surface area contributed by atoms with Crippen LogP contribution in [-0.4, -0.2) is 29.5 Å². The second-order valence-corrected chi connectivity index (χ2v) is 5.93. The number of aryl methyl sites for hydroxylation is 2. The Bertz CT molecular complexity index is 529. The van der Waals surface area contributed by atoms with E-state index in [2.05, 4.69) is 22.5 Å². The van der Waals surface area contributed by atoms with Crippen LogP contribution in [-0.2, 0) is 12.8 Å². The molecule has 0 spiro atoms. The number of hydrogen-bond acceptors (Lipinski definition) is 4. The number of fused-ring (bicyclic) bond motifs is 1. The number of carbonyl (C=O) groups excluding carboxylic acids is 1. The number of amides is 1. The average Bonchev–Trinajstić information content (AvgIpc) is 2.84. The Hall–Kier alpha value is -1.62. The van der Waals surface area contributed by atoms with Gasteiger partial charge in [0.15, 0.2) is 0 Å². The molecule has 1 aromatic heterocycles. The van der Waals surface area contributed by atoms with E-state index < -0.39 is 5.91 Å². The van der Waals surface area contributed by atoms with E-state index in [0.717, 1.165) is 44.3 Å². The minimum atomic E-state index is -0.392. The van der Waals surface area contributed by atoms with Gasteiger partial charge in [0.25, 0.3) is 5.91 Å². The van der Waals surface area contributed by atoms with E-state index in [0.29, 0.717) is 23.5 Å². The van der Waals surface area contributed by atoms with Gasteiger partial charge >= 0.3 is 0 Å². The molecule has 20 heavy (non-hydrogen) atoms. The van der Waals surface area contributed by atoms with Crippen molar-refractivity contribution >= 4 is 11.7 Å². The second kappa shape index (κ2) is 5.40. The molecule has 2 atom stereocenters. The predicted octanol–water partition coefficient (Wildman–Crippen LogP) is 1.22. The summed E-state index contributed by atoms with van der Waals surface area (Å²) in [7, 11) is 0. The predicted molar refractivity (Wildman–Crippen MR) is 78.9 cm³/mol. The molecule has 5 heteroatoms. The lowest BCUT2D eigenvalue weighted by Crippen LogP contribution is -2.41. The second-order valence-electron chi connectivity index (χ2n) is 5.93. The summed E-state index contributed by atoms with van der Waals surface area (Å²) in [6.07, 6.45) is 5.21. The maximum atomic E-state index is 11.7. The highest BCUT2D eigenvalue weighted by atomic mass is 16.1. The first-order valence-corrected chi connectivity index (χ1v) is 7.46. The van der Waals surface area contributed by atoms with Crippen LogP contribution >= 0.6 is 0 Å². The highest BCUT2D eigenvalue weighted by Gasteiger charge is 2.23. The van der Waals surface area contributed by atoms with Crippen LogP contribution in [0.2, 0.25) is 0 Å². The van der Waals surface area contributed by atoms with Crippen LogP contribution in [0.4, 0.5) is 5.82 Å². The van der Waals surface area contributed by atoms with E-state index >= 15 is 0 Å². The number of carbonyl (C=O) groups is 1. The van der Waals surface area contributed by atoms with E-state index in [-0.39, 0.29) is 0 Å². The number of rotatable bonds is 3. The SMILES string of the molecule is CC1CC(Nc2nc3c(cc2C(N)=O)CCC3)CCN1. The number of nitrogens with one attached hydrogen (secondary N) is 2. The van der Waals surface area contributed by atoms with Crippen molar-refractivity contribution in [3.8, 4) is 0 Å². The monoisotopic (exact) mass is 274 g/mol. The van der Waals surface area contributed by atoms with Gasteiger partial charge in [0, 0.05) is 17.8 Å². The molecule has 3 rings (SSSR count). The third kappa shape index (κ3) is 2.63. The van der Waals surface area contributed by atoms with Crippen LogP contribution in [0.1, 0.15) is 47.8 Å². The molecule has 1 amide bonds. The van der Waals surface area contributed by atoms with E-state index in [1.165, 1.54) is 5.56 Å². The Morgan fingerprint density at radius 2 is 2.35 bits per heavy atom. The van der Waals surface area contributed by atoms with Crippen LogP contribution in [0.5, 0.6) is 0 Å². The third-order valence-corrected chi connectivity index (χ3v) is 4.28. The molecule has 2 unspecified atom stereocenters. The normalized spacial score (nSPS) is 25.2. The van der Waals surface area contributed by atoms with Crippen molar-refractivity contribution in [1.29, 1.82) is 0 Å². The average molecular weight is 274 g/mol. The van der Waals surface area contributed by atoms with Crippen LogP contribution in [0.15, 0.2) is 6.07 Å². The van der Waals surface area contributed by atoms with Gasteiger partial charge in [-0.3, -0.25) is 4.79 Å². The van der Waals surface area contributed by atoms with Crippen molar-refractivity contribution in [3.63, 3.8) is 0 Å². The van der Waals surface area contributed by atoms with Crippen molar-refractivity contribution in [3.05, 3.63) is 22.9 Å². The first kappa shape index (κ1) is 13.4. The largest absolute Gasteiger partial charge is 0.367 e. The Balaban J connectivity index is 1.86. The highest BCUT2D eigenvalue weighted by Crippen LogP contribution is 2.26. The standard InChI is InChI=1S/C15H22N4O/c1-9-7-11(5-6-17-9)18-15-12(14(16)20)8-10-3-2-4-13(10)19-15/h8-9,11,17H,2-7H2,1H3,(H2,16,20)(H,18,19). The summed E-state index contributed by atoms with van der Waals surface area (Å²) in [4.78, 5) is 16.3. The van der Waals surface area contributed by atoms with Gasteiger partial charge in [0.2, 0.25) is 0 Å². The fourth-order valence-corrected chi connectivity index (χ4v) is 3.23. The lowest BCUT2D eigenvalue weighted by molar-refractivity contribution is 0.100. The summed E-state index contributed by atoms with van der Waals surface area (Å²) in [5.41, 5.74) is 8.36. The molecule has 0 bridgehead atoms. The number of nitrogens with two attached hydrogens (primary N) is 1. The molecule has 0 aromatic carbocycles. The van der Waals surface area contributed by atoms with Crippen LogP contribution < -0.4 is 16.4 Å². The number of aromatic nitrogens is 1. The molecule has 0 saturated carbocycles. The first-order chi connectivity index (χ1) is 9.63. The van der Waals surface area contributed by atoms with Crippen molar-refractivity contribution in [2.75, 3.05) is 11.9 Å². The topological polar surface area (TPSA) is 80.0 Å². The number of primary amides is 1. The Labute approximate surface area is 119 Å². The third-order valence-electron chi connectivity index (χ3n) is 4.28. The van der Waals surface area contributed by atoms with Crippen molar-refractivity contribution in [2.24, 2.45) is 5.73 Å². The van der Waals surface area contributed by atoms with Crippen molar-refractivity contribution in [1.82, 2.24) is 10.3 Å². The molecular weight excluding hydrogens is 252 g/mol. The minimum Gasteiger partial charge on any atom is -0.367 e. The maximum absolute atomic E-state index is 11.7. The lowest BCUT2D eigenvalue weighted by atomic mass is 10.00. The summed E-state index contributed by atoms with van der Waals surface area (Å²) in [5.74, 6) is 0.286. The fourth-order valence-electron chi connectivity index (χ4n) is 3.23. The zero-order valence-electron chi connectivity index (χ0n) is 11.9. The van der Waals surface area contributed by atoms with Gasteiger partial charge < -0.3 is 16.4 Å². The molecule has 5 nitrogen and oxygen atoms in total. The lowest BCUT2D eigenvalue weighted by Gasteiger charge is -2.29. The summed E-state index contributed by atoms with van der Waals surface area (Å²) in [5, 5.41) is 6.86. The number of hydrogen-bond donors (Lipinski definition) is 3. The molecule has 1 fully saturated rings. The van der Waals surface area contributed by atoms with E-state index in [1.807, 2.05) is 6.07 Å². The Kier molecular flexibility index (Phi) is 3.61. The molecule has 0 radical (unpaired) electrons. The molecule has 4 N–H and O–H groups in total. The van der Waals surface area contributed by atoms with E-state index in [4.69, 9.17) is 5.73 Å². The first-order valence-electron chi connectivity index (χ1n) is 7.46. The maximum Gasteiger partial charge on any atom is 0.252 e. The molecule has 1 aliphatic carbocycles. The van der Waals surface area contributed by atoms with E-state index in [9.17, 15) is 4.79 Å². The van der Waals surface area contributed by atoms with Gasteiger partial charge in [-0.1, -0.05) is 0 Å². The quantitative estimate of drug-likeness (QED) is 0.774. The number of pyridine rings is 1. The smallest absolute Gasteiger partial charge is 0.252 e. The van der Waals surface area contributed by atoms with Gasteiger partial charge in [-0.15, -0.1) is 0 Å². The summed E-state index contributed by atoms with van der Waals surface area (Å²) >= 11 is 0. The molecule has 1 aromatic rings. The molecule has 2 aliphatic rings. The van der Waals surface area contributed by atoms with Crippen molar-refractivity contribution in [2.45, 2.75) is 51.1 Å². The summed E-state index contributed by atoms with van der Waals surface area (Å²) in [6, 6.07) is 2.79. The highest BCUT2D eigenvalue weighted by molar-refractivity contribution is 5.97. The molecule has 108 valence electrons. The summed E-state index contributed by atoms with van der Waals surface area (Å²) < 4.78 is 0. The summed E-state index contributed by atoms with van der Waals surface area (Å²) in [6.45, 7) is 3.18. The van der Waals surface area contributed by atoms with Gasteiger partial charge in [0.1, 0.15) is 5.82 Å². The van der Waals surface area contributed by atoms with Gasteiger partial charge in [-0.2, -0.15) is 0 Å². The van der Waals surface area contributed by atoms with Crippen molar-refractivity contribution < 1.29 is 4.79 Å². The zero-order valence-corrected chi connectivity index (χ0v) is 11.9. The minimum absolute atomic E-state index is 0.358. The molecular formula is C15H22N4O. The Morgan fingerprint density at radius 1 is 1.50 bits per heavy atom. The Morgan fingerprint density at radius 3 is 3.10 bits per heavy atom.